The Balaban J connectivity index is 1.40. The number of hydrogen-bond donors (Lipinski definition) is 2. The molecule has 2 N–H and O–H groups in total. The van der Waals surface area contributed by atoms with E-state index in [0.29, 0.717) is 54.6 Å². The predicted octanol–water partition coefficient (Wildman–Crippen LogP) is 4.84. The van der Waals surface area contributed by atoms with Crippen molar-refractivity contribution >= 4 is 33.9 Å². The second-order valence-electron chi connectivity index (χ2n) is 8.66. The number of fused-ring (bicyclic) bond motifs is 2. The van der Waals surface area contributed by atoms with Crippen LogP contribution in [0.1, 0.15) is 38.2 Å². The van der Waals surface area contributed by atoms with E-state index in [-0.39, 0.29) is 5.56 Å². The molecule has 2 aliphatic rings. The summed E-state index contributed by atoms with van der Waals surface area (Å²) in [4.78, 5) is 18.2. The van der Waals surface area contributed by atoms with Crippen molar-refractivity contribution in [1.29, 1.82) is 0 Å². The molecule has 2 heterocycles. The first-order valence-corrected chi connectivity index (χ1v) is 12.3. The van der Waals surface area contributed by atoms with Crippen molar-refractivity contribution in [3.8, 4) is 17.2 Å². The molecule has 0 radical (unpaired) electrons. The van der Waals surface area contributed by atoms with Crippen molar-refractivity contribution in [2.45, 2.75) is 45.2 Å². The van der Waals surface area contributed by atoms with Crippen LogP contribution in [0.5, 0.6) is 17.2 Å². The van der Waals surface area contributed by atoms with Crippen LogP contribution in [0.4, 0.5) is 5.69 Å². The lowest BCUT2D eigenvalue weighted by atomic mass is 10.1. The Labute approximate surface area is 204 Å². The van der Waals surface area contributed by atoms with Gasteiger partial charge in [-0.05, 0) is 68.4 Å². The van der Waals surface area contributed by atoms with Gasteiger partial charge in [-0.25, -0.2) is 0 Å². The number of aromatic nitrogens is 1. The average molecular weight is 480 g/mol. The van der Waals surface area contributed by atoms with E-state index in [9.17, 15) is 4.79 Å². The van der Waals surface area contributed by atoms with E-state index in [4.69, 9.17) is 26.4 Å². The quantitative estimate of drug-likeness (QED) is 0.490. The highest BCUT2D eigenvalue weighted by Gasteiger charge is 2.26. The summed E-state index contributed by atoms with van der Waals surface area (Å²) >= 11 is 5.83. The molecule has 1 aliphatic heterocycles. The molecule has 7 nitrogen and oxygen atoms in total. The molecular formula is C26H29N3O4S. The molecule has 5 rings (SSSR count). The van der Waals surface area contributed by atoms with Crippen molar-refractivity contribution in [1.82, 2.24) is 9.88 Å². The number of H-pyrrole nitrogens is 1. The van der Waals surface area contributed by atoms with Crippen LogP contribution in [0.25, 0.3) is 10.9 Å². The van der Waals surface area contributed by atoms with Gasteiger partial charge >= 0.3 is 0 Å². The molecule has 1 aliphatic carbocycles. The smallest absolute Gasteiger partial charge is 0.253 e. The van der Waals surface area contributed by atoms with Crippen LogP contribution in [0.3, 0.4) is 0 Å². The van der Waals surface area contributed by atoms with E-state index >= 15 is 0 Å². The number of pyridine rings is 1. The summed E-state index contributed by atoms with van der Waals surface area (Å²) in [7, 11) is 0. The number of aromatic amines is 1. The maximum absolute atomic E-state index is 13.0. The fraction of sp³-hybridized carbons (Fsp3) is 0.385. The highest BCUT2D eigenvalue weighted by Crippen LogP contribution is 2.34. The molecule has 3 aromatic rings. The number of nitrogens with zero attached hydrogens (tertiary/aromatic N) is 1. The van der Waals surface area contributed by atoms with Gasteiger partial charge in [0.1, 0.15) is 19.0 Å². The van der Waals surface area contributed by atoms with Crippen LogP contribution in [0.2, 0.25) is 0 Å². The lowest BCUT2D eigenvalue weighted by Crippen LogP contribution is -2.42. The Kier molecular flexibility index (Phi) is 6.58. The first-order chi connectivity index (χ1) is 16.6. The number of ether oxygens (including phenoxy) is 3. The van der Waals surface area contributed by atoms with E-state index < -0.39 is 0 Å². The van der Waals surface area contributed by atoms with E-state index in [1.165, 1.54) is 12.8 Å². The van der Waals surface area contributed by atoms with Gasteiger partial charge in [0, 0.05) is 28.7 Å². The Hall–Kier alpha value is -3.26. The molecule has 2 aromatic carbocycles. The summed E-state index contributed by atoms with van der Waals surface area (Å²) in [6.45, 7) is 4.06. The highest BCUT2D eigenvalue weighted by molar-refractivity contribution is 7.80. The first kappa shape index (κ1) is 22.5. The molecule has 0 saturated heterocycles. The molecule has 1 aromatic heterocycles. The van der Waals surface area contributed by atoms with E-state index in [0.717, 1.165) is 35.2 Å². The van der Waals surface area contributed by atoms with Gasteiger partial charge in [-0.15, -0.1) is 0 Å². The molecule has 178 valence electrons. The van der Waals surface area contributed by atoms with Gasteiger partial charge in [-0.2, -0.15) is 0 Å². The van der Waals surface area contributed by atoms with Crippen LogP contribution in [-0.4, -0.2) is 40.9 Å². The molecule has 0 spiro atoms. The number of anilines is 1. The average Bonchev–Trinajstić information content (AvgIpc) is 3.37. The summed E-state index contributed by atoms with van der Waals surface area (Å²) in [5.41, 5.74) is 2.19. The Morgan fingerprint density at radius 1 is 1.12 bits per heavy atom. The topological polar surface area (TPSA) is 75.8 Å². The summed E-state index contributed by atoms with van der Waals surface area (Å²) < 4.78 is 16.9. The van der Waals surface area contributed by atoms with Crippen molar-refractivity contribution in [2.24, 2.45) is 0 Å². The van der Waals surface area contributed by atoms with Gasteiger partial charge in [-0.3, -0.25) is 4.79 Å². The zero-order valence-corrected chi connectivity index (χ0v) is 20.1. The Morgan fingerprint density at radius 3 is 2.53 bits per heavy atom. The van der Waals surface area contributed by atoms with Crippen LogP contribution >= 0.6 is 12.2 Å². The minimum absolute atomic E-state index is 0.115. The first-order valence-electron chi connectivity index (χ1n) is 11.9. The molecule has 8 heteroatoms. The summed E-state index contributed by atoms with van der Waals surface area (Å²) in [6.07, 6.45) is 4.47. The number of hydrogen-bond acceptors (Lipinski definition) is 5. The monoisotopic (exact) mass is 479 g/mol. The Bertz CT molecular complexity index is 1240. The summed E-state index contributed by atoms with van der Waals surface area (Å²) in [6, 6.07) is 13.8. The second-order valence-corrected chi connectivity index (χ2v) is 9.05. The zero-order chi connectivity index (χ0) is 23.5. The molecule has 0 unspecified atom stereocenters. The lowest BCUT2D eigenvalue weighted by Gasteiger charge is -2.31. The SMILES string of the molecule is CCOc1ccc(NC(=S)N(Cc2cc3cc4c(cc3[nH]c2=O)OCCO4)C2CCCC2)cc1. The van der Waals surface area contributed by atoms with Gasteiger partial charge in [-0.1, -0.05) is 12.8 Å². The van der Waals surface area contributed by atoms with E-state index in [2.05, 4.69) is 15.2 Å². The predicted molar refractivity (Wildman–Crippen MR) is 137 cm³/mol. The van der Waals surface area contributed by atoms with E-state index in [1.807, 2.05) is 49.4 Å². The van der Waals surface area contributed by atoms with Gasteiger partial charge < -0.3 is 29.4 Å². The van der Waals surface area contributed by atoms with Crippen LogP contribution in [0.15, 0.2) is 47.3 Å². The summed E-state index contributed by atoms with van der Waals surface area (Å²) in [5.74, 6) is 2.19. The summed E-state index contributed by atoms with van der Waals surface area (Å²) in [5, 5.41) is 4.89. The maximum Gasteiger partial charge on any atom is 0.253 e. The minimum Gasteiger partial charge on any atom is -0.494 e. The third-order valence-corrected chi connectivity index (χ3v) is 6.70. The fourth-order valence-corrected chi connectivity index (χ4v) is 5.00. The number of nitrogens with one attached hydrogen (secondary N) is 2. The number of rotatable bonds is 6. The van der Waals surface area contributed by atoms with Crippen LogP contribution in [0, 0.1) is 0 Å². The van der Waals surface area contributed by atoms with Gasteiger partial charge in [0.05, 0.1) is 18.7 Å². The number of thiocarbonyl (C=S) groups is 1. The van der Waals surface area contributed by atoms with Crippen LogP contribution < -0.4 is 25.1 Å². The molecule has 0 bridgehead atoms. The fourth-order valence-electron chi connectivity index (χ4n) is 4.67. The van der Waals surface area contributed by atoms with Crippen molar-refractivity contribution in [3.05, 3.63) is 58.4 Å². The van der Waals surface area contributed by atoms with Crippen molar-refractivity contribution in [2.75, 3.05) is 25.1 Å². The zero-order valence-electron chi connectivity index (χ0n) is 19.3. The van der Waals surface area contributed by atoms with Gasteiger partial charge in [0.15, 0.2) is 16.6 Å². The molecule has 1 saturated carbocycles. The van der Waals surface area contributed by atoms with Gasteiger partial charge in [0.25, 0.3) is 5.56 Å². The minimum atomic E-state index is -0.115. The standard InChI is InChI=1S/C26H29N3O4S/c1-2-31-21-9-7-19(8-10-21)27-26(34)29(20-5-3-4-6-20)16-18-13-17-14-23-24(33-12-11-32-23)15-22(17)28-25(18)30/h7-10,13-15,20H,2-6,11-12,16H2,1H3,(H,27,34)(H,28,30). The largest absolute Gasteiger partial charge is 0.494 e. The highest BCUT2D eigenvalue weighted by atomic mass is 32.1. The molecule has 0 atom stereocenters. The van der Waals surface area contributed by atoms with Gasteiger partial charge in [0.2, 0.25) is 0 Å². The third-order valence-electron chi connectivity index (χ3n) is 6.37. The normalized spacial score (nSPS) is 15.3. The third kappa shape index (κ3) is 4.82. The second kappa shape index (κ2) is 9.93. The molecule has 0 amide bonds. The Morgan fingerprint density at radius 2 is 1.82 bits per heavy atom. The number of benzene rings is 2. The lowest BCUT2D eigenvalue weighted by molar-refractivity contribution is 0.172. The van der Waals surface area contributed by atoms with Crippen molar-refractivity contribution < 1.29 is 14.2 Å². The molecular weight excluding hydrogens is 450 g/mol. The maximum atomic E-state index is 13.0. The molecule has 34 heavy (non-hydrogen) atoms. The van der Waals surface area contributed by atoms with Crippen LogP contribution in [-0.2, 0) is 6.54 Å². The van der Waals surface area contributed by atoms with E-state index in [1.54, 1.807) is 0 Å². The molecule has 1 fully saturated rings. The van der Waals surface area contributed by atoms with Crippen molar-refractivity contribution in [3.63, 3.8) is 0 Å².